The highest BCUT2D eigenvalue weighted by molar-refractivity contribution is 6.05. The number of esters is 2. The summed E-state index contributed by atoms with van der Waals surface area (Å²) < 4.78 is 9.87. The van der Waals surface area contributed by atoms with E-state index in [-0.39, 0.29) is 5.92 Å². The van der Waals surface area contributed by atoms with E-state index in [9.17, 15) is 9.59 Å². The van der Waals surface area contributed by atoms with Crippen LogP contribution in [0.3, 0.4) is 0 Å². The number of hydrogen-bond acceptors (Lipinski definition) is 4. The highest BCUT2D eigenvalue weighted by Crippen LogP contribution is 2.58. The average Bonchev–Trinajstić information content (AvgIpc) is 2.79. The Morgan fingerprint density at radius 1 is 1.71 bits per heavy atom. The van der Waals surface area contributed by atoms with Crippen LogP contribution >= 0.6 is 0 Å². The van der Waals surface area contributed by atoms with Gasteiger partial charge in [0.05, 0.1) is 13.2 Å². The molecular formula is C10H14O4. The molecule has 2 atom stereocenters. The fraction of sp³-hybridized carbons (Fsp3) is 0.800. The SMILES string of the molecule is CC(C)COC(=O)[C@]12C[C@H]1COC2=O. The number of carbonyl (C=O) groups is 2. The number of ether oxygens (including phenoxy) is 2. The highest BCUT2D eigenvalue weighted by Gasteiger charge is 2.72. The van der Waals surface area contributed by atoms with Crippen molar-refractivity contribution in [3.8, 4) is 0 Å². The Morgan fingerprint density at radius 3 is 2.86 bits per heavy atom. The molecule has 1 aliphatic heterocycles. The molecule has 0 aromatic carbocycles. The van der Waals surface area contributed by atoms with E-state index in [1.165, 1.54) is 0 Å². The van der Waals surface area contributed by atoms with Crippen LogP contribution < -0.4 is 0 Å². The van der Waals surface area contributed by atoms with Gasteiger partial charge >= 0.3 is 11.9 Å². The molecule has 4 nitrogen and oxygen atoms in total. The third-order valence-corrected chi connectivity index (χ3v) is 2.80. The van der Waals surface area contributed by atoms with Gasteiger partial charge in [-0.1, -0.05) is 13.8 Å². The molecule has 2 fully saturated rings. The Balaban J connectivity index is 1.96. The van der Waals surface area contributed by atoms with Crippen LogP contribution in [0.2, 0.25) is 0 Å². The maximum atomic E-state index is 11.6. The van der Waals surface area contributed by atoms with Gasteiger partial charge in [-0.25, -0.2) is 0 Å². The molecule has 1 heterocycles. The molecule has 0 unspecified atom stereocenters. The lowest BCUT2D eigenvalue weighted by molar-refractivity contribution is -0.160. The Kier molecular flexibility index (Phi) is 2.01. The van der Waals surface area contributed by atoms with Crippen LogP contribution in [0.1, 0.15) is 20.3 Å². The van der Waals surface area contributed by atoms with Crippen molar-refractivity contribution >= 4 is 11.9 Å². The zero-order valence-corrected chi connectivity index (χ0v) is 8.41. The van der Waals surface area contributed by atoms with Gasteiger partial charge in [-0.3, -0.25) is 9.59 Å². The molecule has 1 aliphatic carbocycles. The molecule has 0 radical (unpaired) electrons. The molecule has 4 heteroatoms. The van der Waals surface area contributed by atoms with Crippen LogP contribution in [0, 0.1) is 17.3 Å². The largest absolute Gasteiger partial charge is 0.465 e. The van der Waals surface area contributed by atoms with Gasteiger partial charge in [-0.15, -0.1) is 0 Å². The fourth-order valence-electron chi connectivity index (χ4n) is 1.79. The zero-order chi connectivity index (χ0) is 10.3. The number of rotatable bonds is 3. The van der Waals surface area contributed by atoms with Gasteiger partial charge in [0.25, 0.3) is 0 Å². The highest BCUT2D eigenvalue weighted by atomic mass is 16.6. The minimum Gasteiger partial charge on any atom is -0.465 e. The molecule has 2 aliphatic rings. The van der Waals surface area contributed by atoms with E-state index in [2.05, 4.69) is 0 Å². The van der Waals surface area contributed by atoms with Crippen LogP contribution in [-0.2, 0) is 19.1 Å². The smallest absolute Gasteiger partial charge is 0.323 e. The van der Waals surface area contributed by atoms with Gasteiger partial charge < -0.3 is 9.47 Å². The number of cyclic esters (lactones) is 1. The first kappa shape index (κ1) is 9.49. The van der Waals surface area contributed by atoms with Crippen molar-refractivity contribution in [1.82, 2.24) is 0 Å². The van der Waals surface area contributed by atoms with Crippen LogP contribution in [0.15, 0.2) is 0 Å². The second-order valence-electron chi connectivity index (χ2n) is 4.46. The summed E-state index contributed by atoms with van der Waals surface area (Å²) in [6, 6.07) is 0. The molecule has 0 bridgehead atoms. The molecule has 0 N–H and O–H groups in total. The second kappa shape index (κ2) is 2.97. The number of carbonyl (C=O) groups excluding carboxylic acids is 2. The Labute approximate surface area is 82.6 Å². The Morgan fingerprint density at radius 2 is 2.43 bits per heavy atom. The third kappa shape index (κ3) is 1.21. The van der Waals surface area contributed by atoms with Gasteiger partial charge in [0, 0.05) is 5.92 Å². The Hall–Kier alpha value is -1.06. The van der Waals surface area contributed by atoms with Crippen LogP contribution in [0.25, 0.3) is 0 Å². The number of fused-ring (bicyclic) bond motifs is 1. The molecule has 1 saturated heterocycles. The summed E-state index contributed by atoms with van der Waals surface area (Å²) in [5, 5.41) is 0. The topological polar surface area (TPSA) is 52.6 Å². The molecule has 1 saturated carbocycles. The van der Waals surface area contributed by atoms with Crippen LogP contribution in [0.4, 0.5) is 0 Å². The lowest BCUT2D eigenvalue weighted by Gasteiger charge is -2.11. The van der Waals surface area contributed by atoms with Crippen molar-refractivity contribution in [2.75, 3.05) is 13.2 Å². The predicted molar refractivity (Wildman–Crippen MR) is 47.3 cm³/mol. The van der Waals surface area contributed by atoms with Crippen LogP contribution in [0.5, 0.6) is 0 Å². The van der Waals surface area contributed by atoms with E-state index >= 15 is 0 Å². The Bertz CT molecular complexity index is 284. The minimum absolute atomic E-state index is 0.0784. The van der Waals surface area contributed by atoms with E-state index in [1.807, 2.05) is 13.8 Å². The van der Waals surface area contributed by atoms with E-state index in [1.54, 1.807) is 0 Å². The summed E-state index contributed by atoms with van der Waals surface area (Å²) in [5.41, 5.74) is -0.908. The zero-order valence-electron chi connectivity index (χ0n) is 8.41. The van der Waals surface area contributed by atoms with E-state index in [0.29, 0.717) is 25.6 Å². The van der Waals surface area contributed by atoms with Crippen molar-refractivity contribution in [2.45, 2.75) is 20.3 Å². The molecule has 78 valence electrons. The van der Waals surface area contributed by atoms with Gasteiger partial charge in [-0.05, 0) is 12.3 Å². The number of hydrogen-bond donors (Lipinski definition) is 0. The van der Waals surface area contributed by atoms with Gasteiger partial charge in [0.2, 0.25) is 0 Å². The second-order valence-corrected chi connectivity index (χ2v) is 4.46. The maximum absolute atomic E-state index is 11.6. The van der Waals surface area contributed by atoms with Crippen molar-refractivity contribution in [3.63, 3.8) is 0 Å². The van der Waals surface area contributed by atoms with Crippen molar-refractivity contribution < 1.29 is 19.1 Å². The van der Waals surface area contributed by atoms with Crippen LogP contribution in [-0.4, -0.2) is 25.2 Å². The first-order chi connectivity index (χ1) is 6.57. The van der Waals surface area contributed by atoms with Crippen molar-refractivity contribution in [1.29, 1.82) is 0 Å². The first-order valence-electron chi connectivity index (χ1n) is 4.92. The third-order valence-electron chi connectivity index (χ3n) is 2.80. The molecular weight excluding hydrogens is 184 g/mol. The molecule has 14 heavy (non-hydrogen) atoms. The summed E-state index contributed by atoms with van der Waals surface area (Å²) in [4.78, 5) is 22.9. The molecule has 0 amide bonds. The summed E-state index contributed by atoms with van der Waals surface area (Å²) >= 11 is 0. The average molecular weight is 198 g/mol. The van der Waals surface area contributed by atoms with E-state index < -0.39 is 17.4 Å². The van der Waals surface area contributed by atoms with E-state index in [4.69, 9.17) is 9.47 Å². The summed E-state index contributed by atoms with van der Waals surface area (Å²) in [6.45, 7) is 4.68. The fourth-order valence-corrected chi connectivity index (χ4v) is 1.79. The predicted octanol–water partition coefficient (Wildman–Crippen LogP) is 0.749. The summed E-state index contributed by atoms with van der Waals surface area (Å²) in [6.07, 6.45) is 0.614. The molecule has 0 spiro atoms. The van der Waals surface area contributed by atoms with Gasteiger partial charge in [0.15, 0.2) is 5.41 Å². The van der Waals surface area contributed by atoms with Gasteiger partial charge in [-0.2, -0.15) is 0 Å². The molecule has 0 aromatic heterocycles. The molecule has 2 rings (SSSR count). The van der Waals surface area contributed by atoms with Crippen molar-refractivity contribution in [2.24, 2.45) is 17.3 Å². The summed E-state index contributed by atoms with van der Waals surface area (Å²) in [7, 11) is 0. The minimum atomic E-state index is -0.908. The quantitative estimate of drug-likeness (QED) is 0.496. The monoisotopic (exact) mass is 198 g/mol. The normalized spacial score (nSPS) is 33.9. The maximum Gasteiger partial charge on any atom is 0.323 e. The first-order valence-corrected chi connectivity index (χ1v) is 4.92. The summed E-state index contributed by atoms with van der Waals surface area (Å²) in [5.74, 6) is -0.408. The standard InChI is InChI=1S/C10H14O4/c1-6(2)4-13-8(11)10-3-7(10)5-14-9(10)12/h6-7H,3-5H2,1-2H3/t7-,10-/m0/s1. The van der Waals surface area contributed by atoms with E-state index in [0.717, 1.165) is 0 Å². The van der Waals surface area contributed by atoms with Gasteiger partial charge in [0.1, 0.15) is 0 Å². The van der Waals surface area contributed by atoms with Crippen molar-refractivity contribution in [3.05, 3.63) is 0 Å². The lowest BCUT2D eigenvalue weighted by Crippen LogP contribution is -2.28. The molecule has 0 aromatic rings. The lowest BCUT2D eigenvalue weighted by atomic mass is 10.1.